The molecule has 1 aromatic heterocycles. The van der Waals surface area contributed by atoms with Crippen LogP contribution < -0.4 is 5.43 Å². The van der Waals surface area contributed by atoms with Crippen molar-refractivity contribution < 1.29 is 14.7 Å². The van der Waals surface area contributed by atoms with Gasteiger partial charge < -0.3 is 10.0 Å². The van der Waals surface area contributed by atoms with E-state index in [1.807, 2.05) is 5.38 Å². The van der Waals surface area contributed by atoms with Crippen LogP contribution in [0.25, 0.3) is 0 Å². The Morgan fingerprint density at radius 1 is 1.50 bits per heavy atom. The number of aryl methyl sites for hydroxylation is 1. The quantitative estimate of drug-likeness (QED) is 0.852. The molecular formula is C15H19N3O3S. The molecule has 0 radical (unpaired) electrons. The Morgan fingerprint density at radius 3 is 2.91 bits per heavy atom. The lowest BCUT2D eigenvalue weighted by atomic mass is 9.90. The fourth-order valence-electron chi connectivity index (χ4n) is 3.00. The summed E-state index contributed by atoms with van der Waals surface area (Å²) in [6, 6.07) is 2.06. The molecular weight excluding hydrogens is 302 g/mol. The van der Waals surface area contributed by atoms with E-state index in [2.05, 4.69) is 23.5 Å². The number of hydrogen-bond donors (Lipinski definition) is 2. The number of hydrazone groups is 1. The molecule has 0 aromatic carbocycles. The zero-order valence-electron chi connectivity index (χ0n) is 12.4. The summed E-state index contributed by atoms with van der Waals surface area (Å²) in [7, 11) is 0. The first kappa shape index (κ1) is 15.2. The second kappa shape index (κ2) is 6.18. The summed E-state index contributed by atoms with van der Waals surface area (Å²) >= 11 is 1.66. The largest absolute Gasteiger partial charge is 0.391 e. The van der Waals surface area contributed by atoms with Crippen molar-refractivity contribution in [1.82, 2.24) is 10.3 Å². The number of nitrogens with zero attached hydrogens (tertiary/aromatic N) is 2. The molecule has 22 heavy (non-hydrogen) atoms. The van der Waals surface area contributed by atoms with Gasteiger partial charge in [0.25, 0.3) is 5.91 Å². The van der Waals surface area contributed by atoms with Crippen LogP contribution in [0.3, 0.4) is 0 Å². The van der Waals surface area contributed by atoms with E-state index in [9.17, 15) is 14.7 Å². The summed E-state index contributed by atoms with van der Waals surface area (Å²) in [4.78, 5) is 26.3. The maximum atomic E-state index is 12.4. The minimum atomic E-state index is -0.561. The Kier molecular flexibility index (Phi) is 4.26. The van der Waals surface area contributed by atoms with E-state index in [-0.39, 0.29) is 24.2 Å². The second-order valence-electron chi connectivity index (χ2n) is 5.78. The minimum Gasteiger partial charge on any atom is -0.391 e. The van der Waals surface area contributed by atoms with Crippen molar-refractivity contribution in [3.63, 3.8) is 0 Å². The summed E-state index contributed by atoms with van der Waals surface area (Å²) in [5.74, 6) is -0.249. The van der Waals surface area contributed by atoms with Crippen molar-refractivity contribution in [1.29, 1.82) is 0 Å². The number of hydrogen-bond acceptors (Lipinski definition) is 5. The zero-order valence-corrected chi connectivity index (χ0v) is 13.2. The number of rotatable bonds is 2. The van der Waals surface area contributed by atoms with Gasteiger partial charge in [-0.25, -0.2) is 5.43 Å². The van der Waals surface area contributed by atoms with Gasteiger partial charge in [-0.1, -0.05) is 0 Å². The zero-order chi connectivity index (χ0) is 15.7. The van der Waals surface area contributed by atoms with Gasteiger partial charge in [0.15, 0.2) is 0 Å². The minimum absolute atomic E-state index is 0.0945. The van der Waals surface area contributed by atoms with Crippen LogP contribution in [-0.4, -0.2) is 46.7 Å². The van der Waals surface area contributed by atoms with Crippen molar-refractivity contribution >= 4 is 28.9 Å². The van der Waals surface area contributed by atoms with Gasteiger partial charge in [-0.2, -0.15) is 5.10 Å². The smallest absolute Gasteiger partial charge is 0.270 e. The van der Waals surface area contributed by atoms with Gasteiger partial charge >= 0.3 is 0 Å². The number of β-amino-alcohol motifs (C(OH)–C–C–N with tert-alkyl or cyclic N) is 1. The highest BCUT2D eigenvalue weighted by molar-refractivity contribution is 7.10. The number of piperidine rings is 1. The predicted octanol–water partition coefficient (Wildman–Crippen LogP) is 0.999. The topological polar surface area (TPSA) is 82.0 Å². The van der Waals surface area contributed by atoms with Crippen LogP contribution in [0.5, 0.6) is 0 Å². The van der Waals surface area contributed by atoms with E-state index >= 15 is 0 Å². The van der Waals surface area contributed by atoms with Crippen molar-refractivity contribution in [3.05, 3.63) is 21.9 Å². The third-order valence-corrected chi connectivity index (χ3v) is 5.41. The highest BCUT2D eigenvalue weighted by Gasteiger charge is 2.34. The Labute approximate surface area is 132 Å². The lowest BCUT2D eigenvalue weighted by molar-refractivity contribution is -0.127. The van der Waals surface area contributed by atoms with Crippen LogP contribution in [0.2, 0.25) is 0 Å². The molecule has 1 aromatic rings. The maximum Gasteiger partial charge on any atom is 0.270 e. The van der Waals surface area contributed by atoms with Gasteiger partial charge in [0.05, 0.1) is 6.10 Å². The van der Waals surface area contributed by atoms with Crippen LogP contribution >= 0.6 is 11.3 Å². The SMILES string of the molecule is Cc1ccsc1[C@@H]1CCN(C(=O)C2=NNC(=O)CC2)C[C@H]1O. The van der Waals surface area contributed by atoms with Crippen LogP contribution in [-0.2, 0) is 9.59 Å². The molecule has 0 unspecified atom stereocenters. The fourth-order valence-corrected chi connectivity index (χ4v) is 4.12. The Bertz CT molecular complexity index is 625. The van der Waals surface area contributed by atoms with Crippen LogP contribution in [0.4, 0.5) is 0 Å². The average molecular weight is 321 g/mol. The third-order valence-electron chi connectivity index (χ3n) is 4.26. The lowest BCUT2D eigenvalue weighted by Gasteiger charge is -2.36. The predicted molar refractivity (Wildman–Crippen MR) is 83.8 cm³/mol. The number of aliphatic hydroxyl groups excluding tert-OH is 1. The van der Waals surface area contributed by atoms with Gasteiger partial charge in [-0.15, -0.1) is 11.3 Å². The number of carbonyl (C=O) groups is 2. The summed E-state index contributed by atoms with van der Waals surface area (Å²) in [6.07, 6.45) is 0.838. The van der Waals surface area contributed by atoms with Gasteiger partial charge in [-0.05, 0) is 30.4 Å². The summed E-state index contributed by atoms with van der Waals surface area (Å²) in [6.45, 7) is 2.97. The molecule has 0 aliphatic carbocycles. The fraction of sp³-hybridized carbons (Fsp3) is 0.533. The van der Waals surface area contributed by atoms with Crippen molar-refractivity contribution in [2.24, 2.45) is 5.10 Å². The molecule has 2 aliphatic heterocycles. The Hall–Kier alpha value is -1.73. The molecule has 2 amide bonds. The Morgan fingerprint density at radius 2 is 2.32 bits per heavy atom. The highest BCUT2D eigenvalue weighted by Crippen LogP contribution is 2.34. The second-order valence-corrected chi connectivity index (χ2v) is 6.72. The van der Waals surface area contributed by atoms with E-state index < -0.39 is 6.10 Å². The molecule has 2 aliphatic rings. The van der Waals surface area contributed by atoms with Crippen molar-refractivity contribution in [2.45, 2.75) is 38.2 Å². The van der Waals surface area contributed by atoms with E-state index in [4.69, 9.17) is 0 Å². The Balaban J connectivity index is 1.66. The van der Waals surface area contributed by atoms with Crippen LogP contribution in [0, 0.1) is 6.92 Å². The molecule has 7 heteroatoms. The summed E-state index contributed by atoms with van der Waals surface area (Å²) in [5, 5.41) is 16.3. The number of carbonyl (C=O) groups excluding carboxylic acids is 2. The standard InChI is InChI=1S/C15H19N3O3S/c1-9-5-7-22-14(9)10-4-6-18(8-12(10)19)15(21)11-2-3-13(20)17-16-11/h5,7,10,12,19H,2-4,6,8H2,1H3,(H,17,20)/t10-,12-/m1/s1. The molecule has 118 valence electrons. The molecule has 2 N–H and O–H groups in total. The molecule has 2 atom stereocenters. The molecule has 0 spiro atoms. The summed E-state index contributed by atoms with van der Waals surface area (Å²) in [5.41, 5.74) is 3.92. The molecule has 1 saturated heterocycles. The average Bonchev–Trinajstić information content (AvgIpc) is 2.93. The molecule has 1 fully saturated rings. The van der Waals surface area contributed by atoms with Gasteiger partial charge in [0, 0.05) is 36.7 Å². The number of amides is 2. The summed E-state index contributed by atoms with van der Waals surface area (Å²) < 4.78 is 0. The third kappa shape index (κ3) is 2.91. The number of nitrogens with one attached hydrogen (secondary N) is 1. The first-order chi connectivity index (χ1) is 10.6. The van der Waals surface area contributed by atoms with E-state index in [1.54, 1.807) is 16.2 Å². The van der Waals surface area contributed by atoms with Crippen LogP contribution in [0.1, 0.15) is 35.6 Å². The first-order valence-corrected chi connectivity index (χ1v) is 8.31. The molecule has 6 nitrogen and oxygen atoms in total. The van der Waals surface area contributed by atoms with E-state index in [1.165, 1.54) is 10.4 Å². The van der Waals surface area contributed by atoms with Crippen molar-refractivity contribution in [3.8, 4) is 0 Å². The lowest BCUT2D eigenvalue weighted by Crippen LogP contribution is -2.49. The molecule has 3 heterocycles. The molecule has 3 rings (SSSR count). The number of likely N-dealkylation sites (tertiary alicyclic amines) is 1. The van der Waals surface area contributed by atoms with E-state index in [0.717, 1.165) is 6.42 Å². The van der Waals surface area contributed by atoms with Gasteiger partial charge in [0.1, 0.15) is 5.71 Å². The monoisotopic (exact) mass is 321 g/mol. The maximum absolute atomic E-state index is 12.4. The normalized spacial score (nSPS) is 25.6. The first-order valence-electron chi connectivity index (χ1n) is 7.43. The number of aliphatic hydroxyl groups is 1. The van der Waals surface area contributed by atoms with E-state index in [0.29, 0.717) is 25.2 Å². The molecule has 0 saturated carbocycles. The van der Waals surface area contributed by atoms with Gasteiger partial charge in [-0.3, -0.25) is 9.59 Å². The van der Waals surface area contributed by atoms with Gasteiger partial charge in [0.2, 0.25) is 5.91 Å². The highest BCUT2D eigenvalue weighted by atomic mass is 32.1. The van der Waals surface area contributed by atoms with Crippen LogP contribution in [0.15, 0.2) is 16.5 Å². The number of thiophene rings is 1. The molecule has 0 bridgehead atoms. The van der Waals surface area contributed by atoms with Crippen molar-refractivity contribution in [2.75, 3.05) is 13.1 Å².